The summed E-state index contributed by atoms with van der Waals surface area (Å²) in [5.74, 6) is 1.20. The minimum atomic E-state index is -0.146. The van der Waals surface area contributed by atoms with Crippen molar-refractivity contribution >= 4 is 22.4 Å². The van der Waals surface area contributed by atoms with Crippen LogP contribution in [0.2, 0.25) is 0 Å². The maximum atomic E-state index is 12.4. The van der Waals surface area contributed by atoms with Gasteiger partial charge in [0.15, 0.2) is 5.13 Å². The van der Waals surface area contributed by atoms with E-state index in [0.29, 0.717) is 27.8 Å². The zero-order valence-corrected chi connectivity index (χ0v) is 15.5. The van der Waals surface area contributed by atoms with Gasteiger partial charge in [0.1, 0.15) is 5.75 Å². The van der Waals surface area contributed by atoms with Crippen LogP contribution in [0.4, 0.5) is 5.13 Å². The molecule has 3 rings (SSSR count). The van der Waals surface area contributed by atoms with E-state index in [2.05, 4.69) is 31.1 Å². The third-order valence-electron chi connectivity index (χ3n) is 4.72. The van der Waals surface area contributed by atoms with Gasteiger partial charge in [-0.2, -0.15) is 0 Å². The van der Waals surface area contributed by atoms with Crippen LogP contribution in [-0.2, 0) is 12.8 Å². The molecular weight excluding hydrogens is 320 g/mol. The van der Waals surface area contributed by atoms with E-state index in [1.807, 2.05) is 12.1 Å². The fourth-order valence-corrected chi connectivity index (χ4v) is 4.18. The number of methoxy groups -OCH3 is 1. The molecule has 0 saturated heterocycles. The zero-order chi connectivity index (χ0) is 17.3. The number of anilines is 1. The normalized spacial score (nSPS) is 17.2. The first-order valence-electron chi connectivity index (χ1n) is 8.31. The van der Waals surface area contributed by atoms with E-state index < -0.39 is 0 Å². The molecule has 5 heteroatoms. The Balaban J connectivity index is 1.73. The van der Waals surface area contributed by atoms with Gasteiger partial charge in [0, 0.05) is 10.4 Å². The molecule has 0 aliphatic heterocycles. The second kappa shape index (κ2) is 6.55. The summed E-state index contributed by atoms with van der Waals surface area (Å²) < 4.78 is 5.17. The van der Waals surface area contributed by atoms with Crippen molar-refractivity contribution < 1.29 is 9.53 Å². The number of aromatic nitrogens is 1. The van der Waals surface area contributed by atoms with Gasteiger partial charge in [-0.15, -0.1) is 11.3 Å². The summed E-state index contributed by atoms with van der Waals surface area (Å²) >= 11 is 1.61. The van der Waals surface area contributed by atoms with E-state index in [-0.39, 0.29) is 5.91 Å². The molecule has 1 aromatic carbocycles. The van der Waals surface area contributed by atoms with E-state index in [0.717, 1.165) is 18.5 Å². The van der Waals surface area contributed by atoms with E-state index in [1.165, 1.54) is 11.3 Å². The van der Waals surface area contributed by atoms with Crippen molar-refractivity contribution in [3.05, 3.63) is 40.4 Å². The number of amides is 1. The first-order valence-corrected chi connectivity index (χ1v) is 9.12. The van der Waals surface area contributed by atoms with Crippen LogP contribution in [0.3, 0.4) is 0 Å². The molecule has 0 bridgehead atoms. The first kappa shape index (κ1) is 17.0. The summed E-state index contributed by atoms with van der Waals surface area (Å²) in [6.45, 7) is 6.90. The molecule has 4 nitrogen and oxygen atoms in total. The highest BCUT2D eigenvalue weighted by Gasteiger charge is 2.30. The smallest absolute Gasteiger partial charge is 0.257 e. The van der Waals surface area contributed by atoms with Crippen molar-refractivity contribution in [2.24, 2.45) is 11.3 Å². The fraction of sp³-hybridized carbons (Fsp3) is 0.474. The number of hydrogen-bond donors (Lipinski definition) is 1. The number of hydrogen-bond acceptors (Lipinski definition) is 4. The van der Waals surface area contributed by atoms with Crippen molar-refractivity contribution in [3.63, 3.8) is 0 Å². The van der Waals surface area contributed by atoms with E-state index in [4.69, 9.17) is 4.74 Å². The minimum absolute atomic E-state index is 0.146. The lowest BCUT2D eigenvalue weighted by Crippen LogP contribution is -2.26. The second-order valence-electron chi connectivity index (χ2n) is 7.38. The number of ether oxygens (including phenoxy) is 1. The molecule has 1 aliphatic rings. The number of aryl methyl sites for hydroxylation is 1. The molecule has 128 valence electrons. The number of nitrogens with one attached hydrogen (secondary N) is 1. The van der Waals surface area contributed by atoms with Crippen LogP contribution in [0.25, 0.3) is 0 Å². The number of carbonyl (C=O) groups is 1. The second-order valence-corrected chi connectivity index (χ2v) is 8.46. The van der Waals surface area contributed by atoms with Gasteiger partial charge >= 0.3 is 0 Å². The molecule has 1 aromatic heterocycles. The predicted octanol–water partition coefficient (Wildman–Crippen LogP) is 4.56. The molecule has 0 unspecified atom stereocenters. The van der Waals surface area contributed by atoms with Crippen LogP contribution in [0.1, 0.15) is 48.1 Å². The average molecular weight is 344 g/mol. The summed E-state index contributed by atoms with van der Waals surface area (Å²) in [6, 6.07) is 7.15. The Bertz CT molecular complexity index is 746. The van der Waals surface area contributed by atoms with Crippen molar-refractivity contribution in [1.82, 2.24) is 4.98 Å². The SMILES string of the molecule is COc1cccc(C(=O)Nc2nc3c(s2)C[C@@H](C(C)(C)C)CC3)c1. The van der Waals surface area contributed by atoms with Crippen molar-refractivity contribution in [2.75, 3.05) is 12.4 Å². The van der Waals surface area contributed by atoms with E-state index in [1.54, 1.807) is 30.6 Å². The lowest BCUT2D eigenvalue weighted by Gasteiger charge is -2.33. The lowest BCUT2D eigenvalue weighted by molar-refractivity contribution is 0.102. The van der Waals surface area contributed by atoms with Crippen LogP contribution in [0.15, 0.2) is 24.3 Å². The number of nitrogens with zero attached hydrogens (tertiary/aromatic N) is 1. The minimum Gasteiger partial charge on any atom is -0.497 e. The molecule has 1 atom stereocenters. The third kappa shape index (κ3) is 3.61. The van der Waals surface area contributed by atoms with Crippen LogP contribution < -0.4 is 10.1 Å². The maximum Gasteiger partial charge on any atom is 0.257 e. The standard InChI is InChI=1S/C19H24N2O2S/c1-19(2,3)13-8-9-15-16(11-13)24-18(20-15)21-17(22)12-6-5-7-14(10-12)23-4/h5-7,10,13H,8-9,11H2,1-4H3,(H,20,21,22)/t13-/m0/s1. The summed E-state index contributed by atoms with van der Waals surface area (Å²) in [6.07, 6.45) is 3.23. The Morgan fingerprint density at radius 3 is 2.88 bits per heavy atom. The number of carbonyl (C=O) groups excluding carboxylic acids is 1. The van der Waals surface area contributed by atoms with Gasteiger partial charge in [-0.25, -0.2) is 4.98 Å². The molecule has 1 aliphatic carbocycles. The van der Waals surface area contributed by atoms with Crippen molar-refractivity contribution in [1.29, 1.82) is 0 Å². The zero-order valence-electron chi connectivity index (χ0n) is 14.7. The lowest BCUT2D eigenvalue weighted by atomic mass is 9.73. The highest BCUT2D eigenvalue weighted by molar-refractivity contribution is 7.15. The molecule has 24 heavy (non-hydrogen) atoms. The highest BCUT2D eigenvalue weighted by atomic mass is 32.1. The number of rotatable bonds is 3. The number of benzene rings is 1. The number of thiazole rings is 1. The molecule has 0 radical (unpaired) electrons. The molecule has 0 saturated carbocycles. The van der Waals surface area contributed by atoms with Crippen LogP contribution in [0.5, 0.6) is 5.75 Å². The van der Waals surface area contributed by atoms with Crippen LogP contribution in [0, 0.1) is 11.3 Å². The Kier molecular flexibility index (Phi) is 4.63. The van der Waals surface area contributed by atoms with Gasteiger partial charge in [0.25, 0.3) is 5.91 Å². The van der Waals surface area contributed by atoms with Gasteiger partial charge in [-0.3, -0.25) is 10.1 Å². The van der Waals surface area contributed by atoms with Gasteiger partial charge in [-0.1, -0.05) is 26.8 Å². The maximum absolute atomic E-state index is 12.4. The average Bonchev–Trinajstić information content (AvgIpc) is 2.95. The molecule has 0 spiro atoms. The fourth-order valence-electron chi connectivity index (χ4n) is 3.10. The molecule has 2 aromatic rings. The Hall–Kier alpha value is -1.88. The van der Waals surface area contributed by atoms with E-state index >= 15 is 0 Å². The third-order valence-corrected chi connectivity index (χ3v) is 5.75. The van der Waals surface area contributed by atoms with Gasteiger partial charge < -0.3 is 4.74 Å². The topological polar surface area (TPSA) is 51.2 Å². The highest BCUT2D eigenvalue weighted by Crippen LogP contribution is 2.40. The van der Waals surface area contributed by atoms with Gasteiger partial charge in [0.05, 0.1) is 12.8 Å². The van der Waals surface area contributed by atoms with Crippen molar-refractivity contribution in [3.8, 4) is 5.75 Å². The molecule has 1 N–H and O–H groups in total. The van der Waals surface area contributed by atoms with Crippen LogP contribution >= 0.6 is 11.3 Å². The quantitative estimate of drug-likeness (QED) is 0.888. The predicted molar refractivity (Wildman–Crippen MR) is 98.0 cm³/mol. The van der Waals surface area contributed by atoms with Crippen molar-refractivity contribution in [2.45, 2.75) is 40.0 Å². The van der Waals surface area contributed by atoms with Gasteiger partial charge in [0.2, 0.25) is 0 Å². The van der Waals surface area contributed by atoms with Gasteiger partial charge in [-0.05, 0) is 48.8 Å². The summed E-state index contributed by atoms with van der Waals surface area (Å²) in [5.41, 5.74) is 2.04. The molecule has 1 heterocycles. The summed E-state index contributed by atoms with van der Waals surface area (Å²) in [5, 5.41) is 3.63. The first-order chi connectivity index (χ1) is 11.4. The molecule has 1 amide bonds. The molecule has 0 fully saturated rings. The number of fused-ring (bicyclic) bond motifs is 1. The molecular formula is C19H24N2O2S. The largest absolute Gasteiger partial charge is 0.497 e. The van der Waals surface area contributed by atoms with Crippen LogP contribution in [-0.4, -0.2) is 18.0 Å². The summed E-state index contributed by atoms with van der Waals surface area (Å²) in [4.78, 5) is 18.4. The monoisotopic (exact) mass is 344 g/mol. The summed E-state index contributed by atoms with van der Waals surface area (Å²) in [7, 11) is 1.59. The Morgan fingerprint density at radius 2 is 2.17 bits per heavy atom. The Morgan fingerprint density at radius 1 is 1.38 bits per heavy atom. The Labute approximate surface area is 147 Å². The van der Waals surface area contributed by atoms with E-state index in [9.17, 15) is 4.79 Å².